The number of nitrogens with zero attached hydrogens (tertiary/aromatic N) is 2. The fourth-order valence-electron chi connectivity index (χ4n) is 4.69. The van der Waals surface area contributed by atoms with E-state index in [9.17, 15) is 0 Å². The molecule has 3 aliphatic rings. The van der Waals surface area contributed by atoms with Crippen LogP contribution in [0.1, 0.15) is 44.7 Å². The number of ether oxygens (including phenoxy) is 5. The Kier molecular flexibility index (Phi) is 7.47. The van der Waals surface area contributed by atoms with Crippen LogP contribution in [-0.2, 0) is 20.8 Å². The van der Waals surface area contributed by atoms with Crippen molar-refractivity contribution in [2.45, 2.75) is 63.9 Å². The summed E-state index contributed by atoms with van der Waals surface area (Å²) in [7, 11) is 1.68. The molecular weight excluding hydrogens is 434 g/mol. The average Bonchev–Trinajstić information content (AvgIpc) is 3.32. The molecule has 3 fully saturated rings. The first-order valence-electron chi connectivity index (χ1n) is 12.4. The maximum absolute atomic E-state index is 6.29. The van der Waals surface area contributed by atoms with Crippen LogP contribution in [-0.4, -0.2) is 61.8 Å². The van der Waals surface area contributed by atoms with E-state index in [2.05, 4.69) is 12.2 Å². The van der Waals surface area contributed by atoms with Crippen LogP contribution in [0.25, 0.3) is 11.1 Å². The minimum Gasteiger partial charge on any atom is -0.488 e. The van der Waals surface area contributed by atoms with Crippen molar-refractivity contribution in [1.82, 2.24) is 9.97 Å². The highest BCUT2D eigenvalue weighted by Crippen LogP contribution is 2.36. The third-order valence-electron chi connectivity index (χ3n) is 6.80. The minimum atomic E-state index is -0.00241. The fourth-order valence-corrected chi connectivity index (χ4v) is 4.69. The zero-order chi connectivity index (χ0) is 23.3. The summed E-state index contributed by atoms with van der Waals surface area (Å²) in [5, 5.41) is 3.56. The summed E-state index contributed by atoms with van der Waals surface area (Å²) in [4.78, 5) is 9.69. The summed E-state index contributed by atoms with van der Waals surface area (Å²) in [6.45, 7) is 5.23. The molecule has 8 nitrogen and oxygen atoms in total. The Balaban J connectivity index is 1.42. The third-order valence-corrected chi connectivity index (χ3v) is 6.80. The van der Waals surface area contributed by atoms with Gasteiger partial charge in [-0.25, -0.2) is 4.98 Å². The second kappa shape index (κ2) is 10.9. The van der Waals surface area contributed by atoms with Crippen molar-refractivity contribution in [2.75, 3.05) is 38.9 Å². The van der Waals surface area contributed by atoms with E-state index >= 15 is 0 Å². The van der Waals surface area contributed by atoms with Gasteiger partial charge in [0.15, 0.2) is 0 Å². The molecule has 0 unspecified atom stereocenters. The summed E-state index contributed by atoms with van der Waals surface area (Å²) >= 11 is 0. The predicted octanol–water partition coefficient (Wildman–Crippen LogP) is 4.23. The number of hydrogen-bond acceptors (Lipinski definition) is 8. The molecule has 8 heteroatoms. The maximum atomic E-state index is 6.29. The molecule has 2 saturated heterocycles. The summed E-state index contributed by atoms with van der Waals surface area (Å²) in [5.74, 6) is 2.79. The molecule has 0 amide bonds. The van der Waals surface area contributed by atoms with E-state index in [1.54, 1.807) is 7.11 Å². The highest BCUT2D eigenvalue weighted by Gasteiger charge is 2.27. The molecule has 1 atom stereocenters. The van der Waals surface area contributed by atoms with E-state index in [4.69, 9.17) is 33.7 Å². The van der Waals surface area contributed by atoms with Crippen molar-refractivity contribution in [3.63, 3.8) is 0 Å². The number of anilines is 1. The zero-order valence-electron chi connectivity index (χ0n) is 20.1. The van der Waals surface area contributed by atoms with Crippen LogP contribution >= 0.6 is 0 Å². The molecule has 0 spiro atoms. The normalized spacial score (nSPS) is 25.1. The minimum absolute atomic E-state index is 0.00241. The van der Waals surface area contributed by atoms with Crippen molar-refractivity contribution in [3.05, 3.63) is 30.0 Å². The van der Waals surface area contributed by atoms with Crippen LogP contribution in [0.2, 0.25) is 0 Å². The zero-order valence-corrected chi connectivity index (χ0v) is 20.1. The molecule has 3 heterocycles. The van der Waals surface area contributed by atoms with Crippen molar-refractivity contribution < 1.29 is 23.7 Å². The number of hydrogen-bond donors (Lipinski definition) is 1. The van der Waals surface area contributed by atoms with Crippen molar-refractivity contribution in [2.24, 2.45) is 5.92 Å². The molecule has 0 bridgehead atoms. The monoisotopic (exact) mass is 469 g/mol. The number of rotatable bonds is 9. The number of aromatic nitrogens is 2. The Morgan fingerprint density at radius 2 is 1.68 bits per heavy atom. The van der Waals surface area contributed by atoms with Crippen LogP contribution in [0.15, 0.2) is 24.3 Å². The lowest BCUT2D eigenvalue weighted by molar-refractivity contribution is -0.0811. The average molecular weight is 470 g/mol. The van der Waals surface area contributed by atoms with E-state index in [0.717, 1.165) is 54.4 Å². The lowest BCUT2D eigenvalue weighted by Gasteiger charge is -2.29. The molecule has 1 aliphatic carbocycles. The summed E-state index contributed by atoms with van der Waals surface area (Å²) < 4.78 is 28.6. The first-order chi connectivity index (χ1) is 16.7. The van der Waals surface area contributed by atoms with Gasteiger partial charge in [-0.3, -0.25) is 0 Å². The number of benzene rings is 1. The van der Waals surface area contributed by atoms with Gasteiger partial charge in [0, 0.05) is 19.6 Å². The Hall–Kier alpha value is -2.42. The predicted molar refractivity (Wildman–Crippen MR) is 128 cm³/mol. The summed E-state index contributed by atoms with van der Waals surface area (Å²) in [6.07, 6.45) is 5.75. The van der Waals surface area contributed by atoms with Crippen LogP contribution in [0.3, 0.4) is 0 Å². The first-order valence-corrected chi connectivity index (χ1v) is 12.4. The van der Waals surface area contributed by atoms with Gasteiger partial charge in [0.1, 0.15) is 18.0 Å². The van der Waals surface area contributed by atoms with Crippen LogP contribution in [0.5, 0.6) is 11.6 Å². The first kappa shape index (κ1) is 23.3. The van der Waals surface area contributed by atoms with E-state index < -0.39 is 0 Å². The molecule has 1 aromatic heterocycles. The molecule has 34 heavy (non-hydrogen) atoms. The van der Waals surface area contributed by atoms with E-state index in [1.165, 1.54) is 12.8 Å². The highest BCUT2D eigenvalue weighted by molar-refractivity contribution is 5.72. The van der Waals surface area contributed by atoms with Gasteiger partial charge in [-0.05, 0) is 49.3 Å². The topological polar surface area (TPSA) is 84.0 Å². The molecule has 5 rings (SSSR count). The van der Waals surface area contributed by atoms with Gasteiger partial charge in [0.25, 0.3) is 0 Å². The van der Waals surface area contributed by atoms with Crippen molar-refractivity contribution >= 4 is 5.95 Å². The summed E-state index contributed by atoms with van der Waals surface area (Å²) in [5.41, 5.74) is 2.62. The highest BCUT2D eigenvalue weighted by atomic mass is 16.6. The molecule has 184 valence electrons. The van der Waals surface area contributed by atoms with Gasteiger partial charge in [0.2, 0.25) is 11.8 Å². The molecule has 1 saturated carbocycles. The standard InChI is InChI=1S/C26H35N3O5/c1-17-3-7-19(8-4-17)27-26-28-23(16-30-2)24(25(29-26)34-22-14-32-15-22)18-5-9-20(10-6-18)33-21-11-12-31-13-21/h5-6,9-10,17,19,21-22H,3-4,7-8,11-16H2,1-2H3,(H,27,28,29)/t17?,19?,21-/m1/s1. The molecule has 0 radical (unpaired) electrons. The summed E-state index contributed by atoms with van der Waals surface area (Å²) in [6, 6.07) is 8.41. The molecule has 2 aliphatic heterocycles. The van der Waals surface area contributed by atoms with Gasteiger partial charge in [0.05, 0.1) is 44.3 Å². The molecule has 1 N–H and O–H groups in total. The number of nitrogens with one attached hydrogen (secondary N) is 1. The van der Waals surface area contributed by atoms with Gasteiger partial charge in [-0.15, -0.1) is 0 Å². The van der Waals surface area contributed by atoms with Crippen molar-refractivity contribution in [1.29, 1.82) is 0 Å². The lowest BCUT2D eigenvalue weighted by Crippen LogP contribution is -2.39. The maximum Gasteiger partial charge on any atom is 0.227 e. The molecule has 2 aromatic rings. The quantitative estimate of drug-likeness (QED) is 0.584. The Morgan fingerprint density at radius 3 is 2.32 bits per heavy atom. The Labute approximate surface area is 201 Å². The fraction of sp³-hybridized carbons (Fsp3) is 0.615. The van der Waals surface area contributed by atoms with Crippen LogP contribution < -0.4 is 14.8 Å². The van der Waals surface area contributed by atoms with Gasteiger partial charge in [-0.2, -0.15) is 4.98 Å². The molecular formula is C26H35N3O5. The smallest absolute Gasteiger partial charge is 0.227 e. The van der Waals surface area contributed by atoms with Gasteiger partial charge < -0.3 is 29.0 Å². The van der Waals surface area contributed by atoms with E-state index in [0.29, 0.717) is 44.3 Å². The lowest BCUT2D eigenvalue weighted by atomic mass is 9.87. The van der Waals surface area contributed by atoms with Crippen LogP contribution in [0.4, 0.5) is 5.95 Å². The second-order valence-corrected chi connectivity index (χ2v) is 9.61. The second-order valence-electron chi connectivity index (χ2n) is 9.61. The number of methoxy groups -OCH3 is 1. The van der Waals surface area contributed by atoms with Gasteiger partial charge in [-0.1, -0.05) is 19.1 Å². The molecule has 1 aromatic carbocycles. The van der Waals surface area contributed by atoms with E-state index in [1.807, 2.05) is 24.3 Å². The van der Waals surface area contributed by atoms with E-state index in [-0.39, 0.29) is 12.2 Å². The Bertz CT molecular complexity index is 936. The van der Waals surface area contributed by atoms with Crippen LogP contribution in [0, 0.1) is 5.92 Å². The van der Waals surface area contributed by atoms with Crippen molar-refractivity contribution in [3.8, 4) is 22.8 Å². The Morgan fingerprint density at radius 1 is 0.912 bits per heavy atom. The largest absolute Gasteiger partial charge is 0.488 e. The SMILES string of the molecule is COCc1nc(NC2CCC(C)CC2)nc(OC2COC2)c1-c1ccc(O[C@@H]2CCOC2)cc1. The van der Waals surface area contributed by atoms with Gasteiger partial charge >= 0.3 is 0 Å². The third kappa shape index (κ3) is 5.62.